The van der Waals surface area contributed by atoms with Crippen molar-refractivity contribution in [2.24, 2.45) is 0 Å². The van der Waals surface area contributed by atoms with Gasteiger partial charge in [-0.2, -0.15) is 18.3 Å². The largest absolute Gasteiger partial charge is 0.418 e. The molecule has 9 heteroatoms. The van der Waals surface area contributed by atoms with Crippen molar-refractivity contribution in [3.8, 4) is 16.8 Å². The van der Waals surface area contributed by atoms with Crippen LogP contribution in [0.1, 0.15) is 5.56 Å². The van der Waals surface area contributed by atoms with Crippen molar-refractivity contribution >= 4 is 16.9 Å². The number of hydrogen-bond donors (Lipinski definition) is 1. The van der Waals surface area contributed by atoms with Gasteiger partial charge in [0.05, 0.1) is 17.4 Å². The van der Waals surface area contributed by atoms with Gasteiger partial charge in [0.15, 0.2) is 5.65 Å². The van der Waals surface area contributed by atoms with Crippen LogP contribution in [0.4, 0.5) is 19.0 Å². The average Bonchev–Trinajstić information content (AvgIpc) is 3.05. The summed E-state index contributed by atoms with van der Waals surface area (Å²) < 4.78 is 41.2. The molecule has 0 aliphatic rings. The van der Waals surface area contributed by atoms with E-state index in [2.05, 4.69) is 20.1 Å². The van der Waals surface area contributed by atoms with Crippen LogP contribution < -0.4 is 5.73 Å². The maximum Gasteiger partial charge on any atom is 0.418 e. The van der Waals surface area contributed by atoms with Gasteiger partial charge in [-0.1, -0.05) is 12.1 Å². The number of pyridine rings is 1. The summed E-state index contributed by atoms with van der Waals surface area (Å²) in [5, 5.41) is 4.68. The molecular weight excluding hydrogens is 345 g/mol. The van der Waals surface area contributed by atoms with Gasteiger partial charge in [0.25, 0.3) is 0 Å². The number of aromatic nitrogens is 5. The Hall–Kier alpha value is -3.49. The lowest BCUT2D eigenvalue weighted by atomic mass is 10.1. The van der Waals surface area contributed by atoms with E-state index in [1.807, 2.05) is 0 Å². The van der Waals surface area contributed by atoms with Gasteiger partial charge in [-0.3, -0.25) is 0 Å². The van der Waals surface area contributed by atoms with E-state index in [-0.39, 0.29) is 17.2 Å². The monoisotopic (exact) mass is 356 g/mol. The summed E-state index contributed by atoms with van der Waals surface area (Å²) in [6.07, 6.45) is 1.29. The molecule has 4 aromatic rings. The summed E-state index contributed by atoms with van der Waals surface area (Å²) in [6.45, 7) is 0. The molecule has 0 radical (unpaired) electrons. The topological polar surface area (TPSA) is 82.5 Å². The van der Waals surface area contributed by atoms with Crippen molar-refractivity contribution < 1.29 is 13.2 Å². The minimum Gasteiger partial charge on any atom is -0.383 e. The molecule has 0 aliphatic carbocycles. The number of hydrogen-bond acceptors (Lipinski definition) is 5. The number of halogens is 3. The molecule has 3 heterocycles. The highest BCUT2D eigenvalue weighted by atomic mass is 19.4. The number of benzene rings is 1. The summed E-state index contributed by atoms with van der Waals surface area (Å²) in [5.41, 5.74) is 6.48. The molecule has 6 nitrogen and oxygen atoms in total. The molecule has 3 aromatic heterocycles. The molecule has 0 aliphatic heterocycles. The number of nitrogen functional groups attached to an aromatic ring is 1. The third-order valence-corrected chi connectivity index (χ3v) is 3.94. The summed E-state index contributed by atoms with van der Waals surface area (Å²) in [4.78, 5) is 12.1. The van der Waals surface area contributed by atoms with Gasteiger partial charge in [-0.05, 0) is 18.2 Å². The quantitative estimate of drug-likeness (QED) is 0.595. The zero-order valence-corrected chi connectivity index (χ0v) is 13.1. The smallest absolute Gasteiger partial charge is 0.383 e. The first-order valence-corrected chi connectivity index (χ1v) is 7.52. The van der Waals surface area contributed by atoms with E-state index in [9.17, 15) is 13.2 Å². The molecule has 2 N–H and O–H groups in total. The number of fused-ring (bicyclic) bond motifs is 1. The SMILES string of the molecule is Nc1ncncc1-c1ccnc2c1cnn2-c1ccccc1C(F)(F)F. The number of anilines is 1. The maximum absolute atomic E-state index is 13.3. The van der Waals surface area contributed by atoms with E-state index in [0.717, 1.165) is 6.07 Å². The second-order valence-corrected chi connectivity index (χ2v) is 5.49. The Balaban J connectivity index is 1.97. The van der Waals surface area contributed by atoms with Crippen molar-refractivity contribution in [3.63, 3.8) is 0 Å². The molecule has 0 atom stereocenters. The van der Waals surface area contributed by atoms with Crippen LogP contribution in [-0.2, 0) is 6.18 Å². The number of nitrogens with zero attached hydrogens (tertiary/aromatic N) is 5. The fraction of sp³-hybridized carbons (Fsp3) is 0.0588. The van der Waals surface area contributed by atoms with Crippen molar-refractivity contribution in [1.82, 2.24) is 24.7 Å². The first kappa shape index (κ1) is 16.0. The van der Waals surface area contributed by atoms with Gasteiger partial charge in [0, 0.05) is 28.9 Å². The zero-order valence-electron chi connectivity index (χ0n) is 13.1. The minimum absolute atomic E-state index is 0.100. The van der Waals surface area contributed by atoms with E-state index in [1.54, 1.807) is 6.07 Å². The normalized spacial score (nSPS) is 11.8. The molecular formula is C17H11F3N6. The minimum atomic E-state index is -4.51. The lowest BCUT2D eigenvalue weighted by Crippen LogP contribution is -2.11. The average molecular weight is 356 g/mol. The van der Waals surface area contributed by atoms with Crippen LogP contribution in [-0.4, -0.2) is 24.7 Å². The molecule has 0 spiro atoms. The van der Waals surface area contributed by atoms with E-state index < -0.39 is 11.7 Å². The second-order valence-electron chi connectivity index (χ2n) is 5.49. The first-order valence-electron chi connectivity index (χ1n) is 7.52. The summed E-state index contributed by atoms with van der Waals surface area (Å²) in [5.74, 6) is 0.260. The Morgan fingerprint density at radius 1 is 0.962 bits per heavy atom. The van der Waals surface area contributed by atoms with Crippen LogP contribution in [0.5, 0.6) is 0 Å². The van der Waals surface area contributed by atoms with Gasteiger partial charge >= 0.3 is 6.18 Å². The molecule has 0 fully saturated rings. The maximum atomic E-state index is 13.3. The Bertz CT molecular complexity index is 1100. The van der Waals surface area contributed by atoms with Crippen LogP contribution in [0.2, 0.25) is 0 Å². The fourth-order valence-electron chi connectivity index (χ4n) is 2.78. The van der Waals surface area contributed by atoms with Crippen molar-refractivity contribution in [2.75, 3.05) is 5.73 Å². The lowest BCUT2D eigenvalue weighted by Gasteiger charge is -2.13. The third-order valence-electron chi connectivity index (χ3n) is 3.94. The van der Waals surface area contributed by atoms with E-state index in [0.29, 0.717) is 16.5 Å². The first-order chi connectivity index (χ1) is 12.5. The van der Waals surface area contributed by atoms with Crippen LogP contribution in [0, 0.1) is 0 Å². The predicted molar refractivity (Wildman–Crippen MR) is 89.3 cm³/mol. The predicted octanol–water partition coefficient (Wildman–Crippen LogP) is 3.48. The zero-order chi connectivity index (χ0) is 18.3. The van der Waals surface area contributed by atoms with Crippen LogP contribution in [0.25, 0.3) is 27.8 Å². The van der Waals surface area contributed by atoms with Crippen molar-refractivity contribution in [1.29, 1.82) is 0 Å². The lowest BCUT2D eigenvalue weighted by molar-refractivity contribution is -0.137. The highest BCUT2D eigenvalue weighted by molar-refractivity contribution is 5.95. The molecule has 0 bridgehead atoms. The summed E-state index contributed by atoms with van der Waals surface area (Å²) >= 11 is 0. The van der Waals surface area contributed by atoms with Crippen LogP contribution >= 0.6 is 0 Å². The molecule has 0 unspecified atom stereocenters. The number of nitrogens with two attached hydrogens (primary N) is 1. The molecule has 0 saturated heterocycles. The van der Waals surface area contributed by atoms with Crippen LogP contribution in [0.3, 0.4) is 0 Å². The second kappa shape index (κ2) is 5.80. The number of para-hydroxylation sites is 1. The van der Waals surface area contributed by atoms with Gasteiger partial charge in [-0.25, -0.2) is 19.6 Å². The van der Waals surface area contributed by atoms with Crippen LogP contribution in [0.15, 0.2) is 55.2 Å². The molecule has 0 saturated carbocycles. The van der Waals surface area contributed by atoms with Gasteiger partial charge < -0.3 is 5.73 Å². The highest BCUT2D eigenvalue weighted by Gasteiger charge is 2.34. The Labute approximate surface area is 145 Å². The highest BCUT2D eigenvalue weighted by Crippen LogP contribution is 2.36. The molecule has 0 amide bonds. The van der Waals surface area contributed by atoms with Gasteiger partial charge in [-0.15, -0.1) is 0 Å². The summed E-state index contributed by atoms with van der Waals surface area (Å²) in [7, 11) is 0. The number of rotatable bonds is 2. The standard InChI is InChI=1S/C17H11F3N6/c18-17(19,20)13-3-1-2-4-14(13)26-16-12(8-25-26)10(5-6-23-16)11-7-22-9-24-15(11)21/h1-9H,(H2,21,22,24). The molecule has 130 valence electrons. The van der Waals surface area contributed by atoms with Crippen molar-refractivity contribution in [3.05, 3.63) is 60.8 Å². The fourth-order valence-corrected chi connectivity index (χ4v) is 2.78. The van der Waals surface area contributed by atoms with Gasteiger partial charge in [0.2, 0.25) is 0 Å². The molecule has 4 rings (SSSR count). The van der Waals surface area contributed by atoms with E-state index >= 15 is 0 Å². The number of alkyl halides is 3. The van der Waals surface area contributed by atoms with E-state index in [1.165, 1.54) is 47.8 Å². The summed E-state index contributed by atoms with van der Waals surface area (Å²) in [6, 6.07) is 6.90. The van der Waals surface area contributed by atoms with E-state index in [4.69, 9.17) is 5.73 Å². The molecule has 1 aromatic carbocycles. The Morgan fingerprint density at radius 3 is 2.54 bits per heavy atom. The third kappa shape index (κ3) is 2.53. The molecule has 26 heavy (non-hydrogen) atoms. The Kier molecular flexibility index (Phi) is 3.57. The van der Waals surface area contributed by atoms with Crippen molar-refractivity contribution in [2.45, 2.75) is 6.18 Å². The Morgan fingerprint density at radius 2 is 1.77 bits per heavy atom. The van der Waals surface area contributed by atoms with Gasteiger partial charge in [0.1, 0.15) is 12.1 Å².